The molecule has 5 nitrogen and oxygen atoms in total. The lowest BCUT2D eigenvalue weighted by Crippen LogP contribution is -2.23. The Morgan fingerprint density at radius 2 is 1.56 bits per heavy atom. The van der Waals surface area contributed by atoms with Gasteiger partial charge in [-0.05, 0) is 19.3 Å². The van der Waals surface area contributed by atoms with Gasteiger partial charge < -0.3 is 15.3 Å². The molecule has 0 aliphatic rings. The van der Waals surface area contributed by atoms with Crippen molar-refractivity contribution in [3.63, 3.8) is 0 Å². The summed E-state index contributed by atoms with van der Waals surface area (Å²) in [5.41, 5.74) is 0. The van der Waals surface area contributed by atoms with Crippen LogP contribution in [0.2, 0.25) is 0 Å². The fourth-order valence-electron chi connectivity index (χ4n) is 2.52. The fraction of sp³-hybridized carbons (Fsp3) is 0.789. The molecular weight excluding hydrogens is 340 g/mol. The fourth-order valence-corrected chi connectivity index (χ4v) is 3.44. The summed E-state index contributed by atoms with van der Waals surface area (Å²) < 4.78 is 0. The molecule has 0 fully saturated rings. The second-order valence-corrected chi connectivity index (χ2v) is 7.53. The largest absolute Gasteiger partial charge is 0.481 e. The zero-order valence-corrected chi connectivity index (χ0v) is 16.2. The second-order valence-electron chi connectivity index (χ2n) is 6.36. The Kier molecular flexibility index (Phi) is 15.8. The number of thioether (sulfide) groups is 1. The number of aliphatic hydroxyl groups excluding tert-OH is 1. The third-order valence-electron chi connectivity index (χ3n) is 3.98. The minimum Gasteiger partial charge on any atom is -0.481 e. The molecule has 146 valence electrons. The standard InChI is InChI=1S/C19H34O5S/c1-2-3-4-5-6-7-8-9-10-11-12-17(25-15-19(23)24)16(20)13-14-18(21)22/h11-12,16-17,20H,2-10,13-15H2,1H3,(H,21,22)(H,23,24). The van der Waals surface area contributed by atoms with Crippen molar-refractivity contribution in [2.75, 3.05) is 5.75 Å². The summed E-state index contributed by atoms with van der Waals surface area (Å²) in [5.74, 6) is -1.99. The molecule has 0 bridgehead atoms. The summed E-state index contributed by atoms with van der Waals surface area (Å²) >= 11 is 1.14. The molecule has 0 aliphatic carbocycles. The Labute approximate surface area is 155 Å². The van der Waals surface area contributed by atoms with E-state index in [0.717, 1.165) is 24.6 Å². The van der Waals surface area contributed by atoms with E-state index >= 15 is 0 Å². The highest BCUT2D eigenvalue weighted by atomic mass is 32.2. The lowest BCUT2D eigenvalue weighted by Gasteiger charge is -2.18. The maximum Gasteiger partial charge on any atom is 0.313 e. The Bertz CT molecular complexity index is 384. The second kappa shape index (κ2) is 16.5. The van der Waals surface area contributed by atoms with Crippen LogP contribution in [0.3, 0.4) is 0 Å². The summed E-state index contributed by atoms with van der Waals surface area (Å²) in [5, 5.41) is 27.2. The van der Waals surface area contributed by atoms with Crippen LogP contribution < -0.4 is 0 Å². The van der Waals surface area contributed by atoms with Crippen molar-refractivity contribution >= 4 is 23.7 Å². The monoisotopic (exact) mass is 374 g/mol. The highest BCUT2D eigenvalue weighted by Crippen LogP contribution is 2.20. The van der Waals surface area contributed by atoms with Crippen LogP contribution in [0, 0.1) is 0 Å². The Balaban J connectivity index is 4.02. The van der Waals surface area contributed by atoms with E-state index in [2.05, 4.69) is 6.92 Å². The van der Waals surface area contributed by atoms with Gasteiger partial charge >= 0.3 is 11.9 Å². The number of aliphatic carboxylic acids is 2. The number of hydrogen-bond donors (Lipinski definition) is 3. The minimum absolute atomic E-state index is 0.100. The molecule has 2 atom stereocenters. The van der Waals surface area contributed by atoms with Crippen LogP contribution >= 0.6 is 11.8 Å². The minimum atomic E-state index is -0.955. The lowest BCUT2D eigenvalue weighted by molar-refractivity contribution is -0.137. The molecule has 3 N–H and O–H groups in total. The van der Waals surface area contributed by atoms with E-state index < -0.39 is 18.0 Å². The third-order valence-corrected chi connectivity index (χ3v) is 5.25. The molecule has 0 aromatic rings. The van der Waals surface area contributed by atoms with E-state index in [1.165, 1.54) is 44.9 Å². The van der Waals surface area contributed by atoms with Gasteiger partial charge in [-0.1, -0.05) is 64.0 Å². The van der Waals surface area contributed by atoms with E-state index in [1.807, 2.05) is 12.2 Å². The van der Waals surface area contributed by atoms with Gasteiger partial charge in [-0.2, -0.15) is 0 Å². The van der Waals surface area contributed by atoms with E-state index in [0.29, 0.717) is 0 Å². The van der Waals surface area contributed by atoms with Crippen LogP contribution in [-0.4, -0.2) is 44.4 Å². The predicted molar refractivity (Wildman–Crippen MR) is 103 cm³/mol. The molecule has 0 heterocycles. The highest BCUT2D eigenvalue weighted by Gasteiger charge is 2.19. The number of carboxylic acids is 2. The van der Waals surface area contributed by atoms with Gasteiger partial charge in [-0.3, -0.25) is 9.59 Å². The van der Waals surface area contributed by atoms with Crippen molar-refractivity contribution in [1.29, 1.82) is 0 Å². The number of unbranched alkanes of at least 4 members (excludes halogenated alkanes) is 8. The van der Waals surface area contributed by atoms with Crippen molar-refractivity contribution in [3.8, 4) is 0 Å². The summed E-state index contributed by atoms with van der Waals surface area (Å²) in [4.78, 5) is 21.3. The average molecular weight is 375 g/mol. The smallest absolute Gasteiger partial charge is 0.313 e. The molecule has 0 amide bonds. The van der Waals surface area contributed by atoms with Crippen molar-refractivity contribution in [2.45, 2.75) is 88.9 Å². The zero-order valence-electron chi connectivity index (χ0n) is 15.4. The van der Waals surface area contributed by atoms with Crippen molar-refractivity contribution in [1.82, 2.24) is 0 Å². The Hall–Kier alpha value is -1.01. The predicted octanol–water partition coefficient (Wildman–Crippen LogP) is 4.49. The van der Waals surface area contributed by atoms with Gasteiger partial charge in [0.15, 0.2) is 0 Å². The maximum absolute atomic E-state index is 10.7. The molecule has 0 saturated carbocycles. The van der Waals surface area contributed by atoms with E-state index in [4.69, 9.17) is 10.2 Å². The van der Waals surface area contributed by atoms with Gasteiger partial charge in [0.25, 0.3) is 0 Å². The maximum atomic E-state index is 10.7. The van der Waals surface area contributed by atoms with E-state index in [1.54, 1.807) is 0 Å². The molecule has 6 heteroatoms. The van der Waals surface area contributed by atoms with Gasteiger partial charge in [0.2, 0.25) is 0 Å². The molecule has 2 unspecified atom stereocenters. The van der Waals surface area contributed by atoms with Crippen LogP contribution in [0.5, 0.6) is 0 Å². The highest BCUT2D eigenvalue weighted by molar-refractivity contribution is 8.00. The van der Waals surface area contributed by atoms with E-state index in [-0.39, 0.29) is 23.8 Å². The summed E-state index contributed by atoms with van der Waals surface area (Å²) in [6.45, 7) is 2.22. The molecule has 0 spiro atoms. The summed E-state index contributed by atoms with van der Waals surface area (Å²) in [7, 11) is 0. The SMILES string of the molecule is CCCCCCCCCCC=CC(SCC(=O)O)C(O)CCC(=O)O. The van der Waals surface area contributed by atoms with Crippen LogP contribution in [0.15, 0.2) is 12.2 Å². The lowest BCUT2D eigenvalue weighted by atomic mass is 10.1. The van der Waals surface area contributed by atoms with Crippen molar-refractivity contribution in [2.24, 2.45) is 0 Å². The van der Waals surface area contributed by atoms with Gasteiger partial charge in [-0.15, -0.1) is 11.8 Å². The molecule has 0 aromatic heterocycles. The number of aliphatic hydroxyl groups is 1. The third kappa shape index (κ3) is 16.2. The molecule has 0 aliphatic heterocycles. The first-order chi connectivity index (χ1) is 12.0. The van der Waals surface area contributed by atoms with Crippen LogP contribution in [-0.2, 0) is 9.59 Å². The molecule has 25 heavy (non-hydrogen) atoms. The van der Waals surface area contributed by atoms with E-state index in [9.17, 15) is 14.7 Å². The van der Waals surface area contributed by atoms with Crippen LogP contribution in [0.4, 0.5) is 0 Å². The molecule has 0 saturated heterocycles. The van der Waals surface area contributed by atoms with Crippen molar-refractivity contribution in [3.05, 3.63) is 12.2 Å². The first-order valence-electron chi connectivity index (χ1n) is 9.37. The van der Waals surface area contributed by atoms with Gasteiger partial charge in [0, 0.05) is 11.7 Å². The molecular formula is C19H34O5S. The summed E-state index contributed by atoms with van der Waals surface area (Å²) in [6.07, 6.45) is 13.9. The van der Waals surface area contributed by atoms with Crippen molar-refractivity contribution < 1.29 is 24.9 Å². The van der Waals surface area contributed by atoms with Crippen LogP contribution in [0.1, 0.15) is 77.6 Å². The van der Waals surface area contributed by atoms with Gasteiger partial charge in [0.1, 0.15) is 0 Å². The number of carbonyl (C=O) groups is 2. The molecule has 0 rings (SSSR count). The number of rotatable bonds is 17. The zero-order chi connectivity index (χ0) is 18.9. The normalized spacial score (nSPS) is 13.8. The quantitative estimate of drug-likeness (QED) is 0.256. The van der Waals surface area contributed by atoms with Gasteiger partial charge in [0.05, 0.1) is 11.9 Å². The first kappa shape index (κ1) is 24.0. The number of hydrogen-bond acceptors (Lipinski definition) is 4. The molecule has 0 aromatic carbocycles. The number of carboxylic acid groups (broad SMARTS) is 2. The first-order valence-corrected chi connectivity index (χ1v) is 10.4. The Morgan fingerprint density at radius 3 is 2.12 bits per heavy atom. The molecule has 0 radical (unpaired) electrons. The summed E-state index contributed by atoms with van der Waals surface area (Å²) in [6, 6.07) is 0. The topological polar surface area (TPSA) is 94.8 Å². The van der Waals surface area contributed by atoms with Crippen LogP contribution in [0.25, 0.3) is 0 Å². The number of allylic oxidation sites excluding steroid dienone is 1. The van der Waals surface area contributed by atoms with Gasteiger partial charge in [-0.25, -0.2) is 0 Å². The Morgan fingerprint density at radius 1 is 0.960 bits per heavy atom. The average Bonchev–Trinajstić information content (AvgIpc) is 2.56.